The van der Waals surface area contributed by atoms with Crippen LogP contribution < -0.4 is 0 Å². The second-order valence-corrected chi connectivity index (χ2v) is 7.92. The third kappa shape index (κ3) is 4.28. The molecule has 3 aromatic carbocycles. The van der Waals surface area contributed by atoms with Gasteiger partial charge in [0, 0.05) is 17.0 Å². The number of nitrogens with zero attached hydrogens (tertiary/aromatic N) is 4. The number of hydrogen-bond acceptors (Lipinski definition) is 3. The van der Waals surface area contributed by atoms with Crippen LogP contribution >= 0.6 is 0 Å². The quantitative estimate of drug-likeness (QED) is 0.309. The lowest BCUT2D eigenvalue weighted by molar-refractivity contribution is 1.05. The van der Waals surface area contributed by atoms with Gasteiger partial charge in [0.05, 0.1) is 17.9 Å². The predicted molar refractivity (Wildman–Crippen MR) is 136 cm³/mol. The number of nitriles is 1. The second kappa shape index (κ2) is 9.81. The summed E-state index contributed by atoms with van der Waals surface area (Å²) in [4.78, 5) is 0. The Bertz CT molecular complexity index is 1530. The molecule has 0 aliphatic carbocycles. The third-order valence-electron chi connectivity index (χ3n) is 5.81. The van der Waals surface area contributed by atoms with Gasteiger partial charge in [-0.3, -0.25) is 0 Å². The zero-order chi connectivity index (χ0) is 23.2. The summed E-state index contributed by atoms with van der Waals surface area (Å²) in [6.45, 7) is 0. The number of rotatable bonds is 3. The minimum atomic E-state index is 0.607. The van der Waals surface area contributed by atoms with Crippen molar-refractivity contribution in [2.24, 2.45) is 0 Å². The Hall–Kier alpha value is -4.75. The van der Waals surface area contributed by atoms with Crippen molar-refractivity contribution in [2.75, 3.05) is 0 Å². The molecule has 6 aromatic rings. The highest BCUT2D eigenvalue weighted by atomic mass is 15.1. The van der Waals surface area contributed by atoms with Crippen LogP contribution in [0.5, 0.6) is 0 Å². The van der Waals surface area contributed by atoms with E-state index in [4.69, 9.17) is 5.26 Å². The maximum Gasteiger partial charge on any atom is 0.134 e. The summed E-state index contributed by atoms with van der Waals surface area (Å²) in [5.41, 5.74) is 6.93. The molecule has 0 aliphatic rings. The molecule has 34 heavy (non-hydrogen) atoms. The van der Waals surface area contributed by atoms with E-state index in [1.54, 1.807) is 12.4 Å². The molecule has 0 aliphatic heterocycles. The monoisotopic (exact) mass is 438 g/mol. The lowest BCUT2D eigenvalue weighted by Crippen LogP contribution is -1.91. The highest BCUT2D eigenvalue weighted by Crippen LogP contribution is 2.26. The maximum absolute atomic E-state index is 9.10. The van der Waals surface area contributed by atoms with E-state index in [2.05, 4.69) is 101 Å². The van der Waals surface area contributed by atoms with Crippen LogP contribution in [0.25, 0.3) is 27.4 Å². The van der Waals surface area contributed by atoms with E-state index in [1.165, 1.54) is 22.3 Å². The second-order valence-electron chi connectivity index (χ2n) is 7.92. The van der Waals surface area contributed by atoms with E-state index in [0.717, 1.165) is 22.7 Å². The van der Waals surface area contributed by atoms with Crippen molar-refractivity contribution in [3.05, 3.63) is 139 Å². The Kier molecular flexibility index (Phi) is 6.09. The van der Waals surface area contributed by atoms with Crippen molar-refractivity contribution >= 4 is 16.3 Å². The summed E-state index contributed by atoms with van der Waals surface area (Å²) in [6.07, 6.45) is 6.16. The SMILES string of the molecule is N#Cc1c2cnncc2c2ccccn12.c1ccc(Cc2ccccc2-c2ccccc2)cc1. The number of fused-ring (bicyclic) bond motifs is 3. The molecular formula is C30H22N4. The highest BCUT2D eigenvalue weighted by Gasteiger charge is 2.10. The molecular weight excluding hydrogens is 416 g/mol. The van der Waals surface area contributed by atoms with Gasteiger partial charge in [-0.2, -0.15) is 15.5 Å². The molecule has 0 spiro atoms. The fourth-order valence-electron chi connectivity index (χ4n) is 4.21. The van der Waals surface area contributed by atoms with E-state index in [0.29, 0.717) is 5.69 Å². The topological polar surface area (TPSA) is 54.0 Å². The van der Waals surface area contributed by atoms with Crippen molar-refractivity contribution < 1.29 is 0 Å². The van der Waals surface area contributed by atoms with Crippen LogP contribution in [-0.2, 0) is 6.42 Å². The summed E-state index contributed by atoms with van der Waals surface area (Å²) in [6, 6.07) is 37.8. The van der Waals surface area contributed by atoms with Gasteiger partial charge >= 0.3 is 0 Å². The Morgan fingerprint density at radius 3 is 2.09 bits per heavy atom. The van der Waals surface area contributed by atoms with Crippen molar-refractivity contribution in [1.29, 1.82) is 5.26 Å². The molecule has 0 saturated carbocycles. The molecule has 0 amide bonds. The van der Waals surface area contributed by atoms with Crippen LogP contribution in [0.4, 0.5) is 0 Å². The summed E-state index contributed by atoms with van der Waals surface area (Å²) in [5.74, 6) is 0. The Morgan fingerprint density at radius 1 is 0.676 bits per heavy atom. The van der Waals surface area contributed by atoms with E-state index in [9.17, 15) is 0 Å². The molecule has 0 N–H and O–H groups in total. The molecule has 6 rings (SSSR count). The van der Waals surface area contributed by atoms with Crippen molar-refractivity contribution in [1.82, 2.24) is 14.6 Å². The van der Waals surface area contributed by atoms with Crippen LogP contribution in [0.15, 0.2) is 122 Å². The molecule has 0 unspecified atom stereocenters. The molecule has 162 valence electrons. The molecule has 0 saturated heterocycles. The van der Waals surface area contributed by atoms with Gasteiger partial charge in [0.15, 0.2) is 0 Å². The fourth-order valence-corrected chi connectivity index (χ4v) is 4.21. The largest absolute Gasteiger partial charge is 0.307 e. The first-order chi connectivity index (χ1) is 16.8. The standard InChI is InChI=1S/C19H16.C11H6N4/c1-3-9-16(10-4-1)15-18-13-7-8-14-19(18)17-11-5-2-6-12-17;12-5-11-9-7-14-13-6-8(9)10-3-1-2-4-15(10)11/h1-14H,15H2;1-4,6-7H. The smallest absolute Gasteiger partial charge is 0.134 e. The van der Waals surface area contributed by atoms with Gasteiger partial charge in [0.1, 0.15) is 11.8 Å². The molecule has 0 fully saturated rings. The molecule has 3 aromatic heterocycles. The molecule has 4 heteroatoms. The van der Waals surface area contributed by atoms with Crippen LogP contribution in [0.1, 0.15) is 16.8 Å². The normalized spacial score (nSPS) is 10.4. The summed E-state index contributed by atoms with van der Waals surface area (Å²) < 4.78 is 1.86. The number of benzene rings is 3. The van der Waals surface area contributed by atoms with E-state index in [1.807, 2.05) is 28.8 Å². The predicted octanol–water partition coefficient (Wildman–Crippen LogP) is 6.70. The Morgan fingerprint density at radius 2 is 1.32 bits per heavy atom. The van der Waals surface area contributed by atoms with Gasteiger partial charge in [-0.15, -0.1) is 0 Å². The lowest BCUT2D eigenvalue weighted by Gasteiger charge is -2.09. The van der Waals surface area contributed by atoms with E-state index in [-0.39, 0.29) is 0 Å². The molecule has 0 atom stereocenters. The van der Waals surface area contributed by atoms with Gasteiger partial charge in [-0.1, -0.05) is 91.0 Å². The minimum Gasteiger partial charge on any atom is -0.307 e. The number of pyridine rings is 1. The Labute approximate surface area is 198 Å². The van der Waals surface area contributed by atoms with Crippen molar-refractivity contribution in [3.63, 3.8) is 0 Å². The minimum absolute atomic E-state index is 0.607. The molecule has 0 radical (unpaired) electrons. The first-order valence-corrected chi connectivity index (χ1v) is 11.1. The fraction of sp³-hybridized carbons (Fsp3) is 0.0333. The summed E-state index contributed by atoms with van der Waals surface area (Å²) in [5, 5.41) is 18.6. The van der Waals surface area contributed by atoms with E-state index >= 15 is 0 Å². The first-order valence-electron chi connectivity index (χ1n) is 11.1. The molecule has 4 nitrogen and oxygen atoms in total. The third-order valence-corrected chi connectivity index (χ3v) is 5.81. The van der Waals surface area contributed by atoms with E-state index < -0.39 is 0 Å². The van der Waals surface area contributed by atoms with Crippen molar-refractivity contribution in [3.8, 4) is 17.2 Å². The maximum atomic E-state index is 9.10. The van der Waals surface area contributed by atoms with Crippen LogP contribution in [0.2, 0.25) is 0 Å². The van der Waals surface area contributed by atoms with Gasteiger partial charge in [-0.05, 0) is 40.8 Å². The zero-order valence-corrected chi connectivity index (χ0v) is 18.5. The molecule has 3 heterocycles. The molecule has 0 bridgehead atoms. The van der Waals surface area contributed by atoms with Crippen LogP contribution in [0, 0.1) is 11.3 Å². The van der Waals surface area contributed by atoms with Crippen LogP contribution in [0.3, 0.4) is 0 Å². The Balaban J connectivity index is 0.000000145. The van der Waals surface area contributed by atoms with Gasteiger partial charge < -0.3 is 4.40 Å². The van der Waals surface area contributed by atoms with Crippen molar-refractivity contribution in [2.45, 2.75) is 6.42 Å². The van der Waals surface area contributed by atoms with Crippen LogP contribution in [-0.4, -0.2) is 14.6 Å². The van der Waals surface area contributed by atoms with Gasteiger partial charge in [0.2, 0.25) is 0 Å². The average molecular weight is 439 g/mol. The number of aromatic nitrogens is 3. The zero-order valence-electron chi connectivity index (χ0n) is 18.5. The highest BCUT2D eigenvalue weighted by molar-refractivity contribution is 5.99. The number of hydrogen-bond donors (Lipinski definition) is 0. The van der Waals surface area contributed by atoms with Gasteiger partial charge in [0.25, 0.3) is 0 Å². The summed E-state index contributed by atoms with van der Waals surface area (Å²) in [7, 11) is 0. The average Bonchev–Trinajstić information content (AvgIpc) is 3.24. The first kappa shape index (κ1) is 21.1. The lowest BCUT2D eigenvalue weighted by atomic mass is 9.95. The van der Waals surface area contributed by atoms with Gasteiger partial charge in [-0.25, -0.2) is 0 Å². The summed E-state index contributed by atoms with van der Waals surface area (Å²) >= 11 is 0.